The van der Waals surface area contributed by atoms with Crippen LogP contribution in [0.3, 0.4) is 0 Å². The zero-order chi connectivity index (χ0) is 16.4. The van der Waals surface area contributed by atoms with Gasteiger partial charge >= 0.3 is 0 Å². The molecule has 5 heteroatoms. The zero-order valence-electron chi connectivity index (χ0n) is 12.6. The molecule has 0 unspecified atom stereocenters. The summed E-state index contributed by atoms with van der Waals surface area (Å²) in [5, 5.41) is 0.728. The number of amides is 1. The number of carbonyl (C=O) groups is 1. The van der Waals surface area contributed by atoms with Gasteiger partial charge in [-0.25, -0.2) is 4.98 Å². The van der Waals surface area contributed by atoms with E-state index in [9.17, 15) is 4.79 Å². The topological polar surface area (TPSA) is 71.8 Å². The summed E-state index contributed by atoms with van der Waals surface area (Å²) in [4.78, 5) is 18.8. The number of halogens is 1. The van der Waals surface area contributed by atoms with Gasteiger partial charge in [0.1, 0.15) is 5.82 Å². The maximum Gasteiger partial charge on any atom is 0.241 e. The maximum atomic E-state index is 11.0. The van der Waals surface area contributed by atoms with Gasteiger partial charge in [0.2, 0.25) is 5.91 Å². The highest BCUT2D eigenvalue weighted by Gasteiger charge is 2.10. The van der Waals surface area contributed by atoms with Crippen LogP contribution in [0.4, 0.5) is 0 Å². The van der Waals surface area contributed by atoms with Crippen molar-refractivity contribution < 1.29 is 4.79 Å². The van der Waals surface area contributed by atoms with Crippen LogP contribution in [-0.4, -0.2) is 15.9 Å². The first-order valence-electron chi connectivity index (χ1n) is 7.23. The van der Waals surface area contributed by atoms with Crippen LogP contribution < -0.4 is 5.73 Å². The standard InChI is InChI=1S/C18H16ClN3O/c1-11-21-16-9-12(6-7-17(20)23)8-14(18(16)22-11)10-13-4-2-3-5-15(13)19/h2-9H,10H2,1H3,(H2,20,23)(H,21,22). The van der Waals surface area contributed by atoms with Crippen LogP contribution >= 0.6 is 11.6 Å². The molecule has 0 saturated carbocycles. The summed E-state index contributed by atoms with van der Waals surface area (Å²) >= 11 is 6.27. The van der Waals surface area contributed by atoms with E-state index in [0.717, 1.165) is 38.6 Å². The van der Waals surface area contributed by atoms with Crippen LogP contribution in [0.25, 0.3) is 17.1 Å². The monoisotopic (exact) mass is 325 g/mol. The van der Waals surface area contributed by atoms with Crippen LogP contribution in [-0.2, 0) is 11.2 Å². The first-order valence-corrected chi connectivity index (χ1v) is 7.61. The first-order chi connectivity index (χ1) is 11.0. The molecule has 4 nitrogen and oxygen atoms in total. The lowest BCUT2D eigenvalue weighted by molar-refractivity contribution is -0.113. The minimum absolute atomic E-state index is 0.474. The van der Waals surface area contributed by atoms with Gasteiger partial charge in [-0.15, -0.1) is 0 Å². The van der Waals surface area contributed by atoms with Gasteiger partial charge in [-0.3, -0.25) is 4.79 Å². The lowest BCUT2D eigenvalue weighted by Crippen LogP contribution is -2.05. The van der Waals surface area contributed by atoms with E-state index in [1.165, 1.54) is 6.08 Å². The number of primary amides is 1. The number of aromatic amines is 1. The van der Waals surface area contributed by atoms with Crippen molar-refractivity contribution in [2.75, 3.05) is 0 Å². The Labute approximate surface area is 139 Å². The van der Waals surface area contributed by atoms with Crippen LogP contribution in [0.5, 0.6) is 0 Å². The summed E-state index contributed by atoms with van der Waals surface area (Å²) in [5.41, 5.74) is 9.99. The molecule has 3 rings (SSSR count). The van der Waals surface area contributed by atoms with Crippen molar-refractivity contribution in [3.8, 4) is 0 Å². The number of aromatic nitrogens is 2. The second kappa shape index (κ2) is 6.26. The first kappa shape index (κ1) is 15.3. The highest BCUT2D eigenvalue weighted by atomic mass is 35.5. The number of nitrogens with one attached hydrogen (secondary N) is 1. The molecule has 0 radical (unpaired) electrons. The molecular weight excluding hydrogens is 310 g/mol. The highest BCUT2D eigenvalue weighted by Crippen LogP contribution is 2.25. The van der Waals surface area contributed by atoms with E-state index in [1.807, 2.05) is 43.3 Å². The summed E-state index contributed by atoms with van der Waals surface area (Å²) in [7, 11) is 0. The molecule has 1 heterocycles. The largest absolute Gasteiger partial charge is 0.366 e. The number of fused-ring (bicyclic) bond motifs is 1. The number of H-pyrrole nitrogens is 1. The van der Waals surface area contributed by atoms with Crippen LogP contribution in [0, 0.1) is 6.92 Å². The van der Waals surface area contributed by atoms with E-state index in [0.29, 0.717) is 6.42 Å². The molecule has 1 amide bonds. The predicted octanol–water partition coefficient (Wildman–Crippen LogP) is 3.61. The minimum Gasteiger partial charge on any atom is -0.366 e. The Morgan fingerprint density at radius 1 is 1.30 bits per heavy atom. The number of benzene rings is 2. The molecular formula is C18H16ClN3O. The van der Waals surface area contributed by atoms with E-state index in [2.05, 4.69) is 9.97 Å². The van der Waals surface area contributed by atoms with Gasteiger partial charge in [-0.1, -0.05) is 29.8 Å². The average molecular weight is 326 g/mol. The molecule has 0 fully saturated rings. The summed E-state index contributed by atoms with van der Waals surface area (Å²) in [6.45, 7) is 1.91. The van der Waals surface area contributed by atoms with Crippen molar-refractivity contribution in [2.24, 2.45) is 5.73 Å². The Morgan fingerprint density at radius 3 is 2.83 bits per heavy atom. The Kier molecular flexibility index (Phi) is 4.17. The van der Waals surface area contributed by atoms with Crippen molar-refractivity contribution in [1.82, 2.24) is 9.97 Å². The number of aryl methyl sites for hydroxylation is 1. The van der Waals surface area contributed by atoms with E-state index in [1.54, 1.807) is 6.08 Å². The molecule has 1 aromatic heterocycles. The second-order valence-electron chi connectivity index (χ2n) is 5.40. The van der Waals surface area contributed by atoms with Crippen LogP contribution in [0.1, 0.15) is 22.5 Å². The molecule has 0 aliphatic rings. The number of imidazole rings is 1. The van der Waals surface area contributed by atoms with Crippen molar-refractivity contribution in [2.45, 2.75) is 13.3 Å². The van der Waals surface area contributed by atoms with Gasteiger partial charge in [0.25, 0.3) is 0 Å². The molecule has 116 valence electrons. The molecule has 0 aliphatic carbocycles. The van der Waals surface area contributed by atoms with E-state index in [4.69, 9.17) is 17.3 Å². The molecule has 0 spiro atoms. The molecule has 3 N–H and O–H groups in total. The van der Waals surface area contributed by atoms with Crippen LogP contribution in [0.15, 0.2) is 42.5 Å². The SMILES string of the molecule is Cc1nc2c(Cc3ccccc3Cl)cc(C=CC(N)=O)cc2[nH]1. The van der Waals surface area contributed by atoms with Gasteiger partial charge < -0.3 is 10.7 Å². The Balaban J connectivity index is 2.10. The van der Waals surface area contributed by atoms with Gasteiger partial charge in [-0.05, 0) is 47.9 Å². The third-order valence-corrected chi connectivity index (χ3v) is 3.95. The number of hydrogen-bond donors (Lipinski definition) is 2. The van der Waals surface area contributed by atoms with Gasteiger partial charge in [0, 0.05) is 17.5 Å². The number of carbonyl (C=O) groups excluding carboxylic acids is 1. The summed E-state index contributed by atoms with van der Waals surface area (Å²) < 4.78 is 0. The molecule has 0 atom stereocenters. The molecule has 0 bridgehead atoms. The molecule has 2 aromatic carbocycles. The van der Waals surface area contributed by atoms with Crippen LogP contribution in [0.2, 0.25) is 5.02 Å². The Morgan fingerprint density at radius 2 is 2.09 bits per heavy atom. The molecule has 3 aromatic rings. The third-order valence-electron chi connectivity index (χ3n) is 3.59. The van der Waals surface area contributed by atoms with E-state index < -0.39 is 5.91 Å². The van der Waals surface area contributed by atoms with Gasteiger partial charge in [0.15, 0.2) is 0 Å². The fourth-order valence-electron chi connectivity index (χ4n) is 2.59. The van der Waals surface area contributed by atoms with E-state index in [-0.39, 0.29) is 0 Å². The molecule has 0 aliphatic heterocycles. The number of rotatable bonds is 4. The van der Waals surface area contributed by atoms with Gasteiger partial charge in [-0.2, -0.15) is 0 Å². The zero-order valence-corrected chi connectivity index (χ0v) is 13.4. The average Bonchev–Trinajstić information content (AvgIpc) is 2.88. The minimum atomic E-state index is -0.474. The predicted molar refractivity (Wildman–Crippen MR) is 93.3 cm³/mol. The molecule has 23 heavy (non-hydrogen) atoms. The summed E-state index contributed by atoms with van der Waals surface area (Å²) in [6.07, 6.45) is 3.72. The Bertz CT molecular complexity index is 912. The summed E-state index contributed by atoms with van der Waals surface area (Å²) in [5.74, 6) is 0.370. The fraction of sp³-hybridized carbons (Fsp3) is 0.111. The lowest BCUT2D eigenvalue weighted by atomic mass is 10.0. The number of nitrogens with zero attached hydrogens (tertiary/aromatic N) is 1. The molecule has 0 saturated heterocycles. The Hall–Kier alpha value is -2.59. The van der Waals surface area contributed by atoms with E-state index >= 15 is 0 Å². The quantitative estimate of drug-likeness (QED) is 0.719. The summed E-state index contributed by atoms with van der Waals surface area (Å²) in [6, 6.07) is 11.7. The van der Waals surface area contributed by atoms with Crippen molar-refractivity contribution in [1.29, 1.82) is 0 Å². The van der Waals surface area contributed by atoms with Crippen molar-refractivity contribution in [3.63, 3.8) is 0 Å². The smallest absolute Gasteiger partial charge is 0.241 e. The van der Waals surface area contributed by atoms with Crippen molar-refractivity contribution in [3.05, 3.63) is 70.0 Å². The van der Waals surface area contributed by atoms with Crippen molar-refractivity contribution >= 4 is 34.6 Å². The highest BCUT2D eigenvalue weighted by molar-refractivity contribution is 6.31. The lowest BCUT2D eigenvalue weighted by Gasteiger charge is -2.07. The number of nitrogens with two attached hydrogens (primary N) is 1. The maximum absolute atomic E-state index is 11.0. The second-order valence-corrected chi connectivity index (χ2v) is 5.81. The number of hydrogen-bond acceptors (Lipinski definition) is 2. The fourth-order valence-corrected chi connectivity index (χ4v) is 2.80. The van der Waals surface area contributed by atoms with Gasteiger partial charge in [0.05, 0.1) is 11.0 Å². The normalized spacial score (nSPS) is 11.4. The third kappa shape index (κ3) is 3.43.